The lowest BCUT2D eigenvalue weighted by Gasteiger charge is -2.12. The molecule has 1 aromatic carbocycles. The molecule has 0 aromatic heterocycles. The molecule has 14 heavy (non-hydrogen) atoms. The van der Waals surface area contributed by atoms with E-state index in [0.717, 1.165) is 30.5 Å². The van der Waals surface area contributed by atoms with Crippen molar-refractivity contribution in [1.29, 1.82) is 0 Å². The molecule has 1 heterocycles. The van der Waals surface area contributed by atoms with Gasteiger partial charge in [-0.2, -0.15) is 0 Å². The first kappa shape index (κ1) is 9.00. The highest BCUT2D eigenvalue weighted by Gasteiger charge is 2.13. The van der Waals surface area contributed by atoms with Crippen molar-refractivity contribution in [3.05, 3.63) is 47.7 Å². The minimum atomic E-state index is 0.151. The standard InChI is InChI=1S/C12H13NO/c14-12(10-5-2-1-3-6-10)11-7-4-8-13-9-11/h1-3,5-6,9,13H,4,7-8H2. The summed E-state index contributed by atoms with van der Waals surface area (Å²) in [6.07, 6.45) is 3.78. The topological polar surface area (TPSA) is 29.1 Å². The van der Waals surface area contributed by atoms with Crippen molar-refractivity contribution in [2.45, 2.75) is 12.8 Å². The van der Waals surface area contributed by atoms with Gasteiger partial charge in [-0.25, -0.2) is 0 Å². The van der Waals surface area contributed by atoms with Crippen molar-refractivity contribution in [3.8, 4) is 0 Å². The predicted molar refractivity (Wildman–Crippen MR) is 56.1 cm³/mol. The molecule has 1 N–H and O–H groups in total. The molecule has 2 rings (SSSR count). The van der Waals surface area contributed by atoms with Gasteiger partial charge in [0.05, 0.1) is 0 Å². The number of hydrogen-bond acceptors (Lipinski definition) is 2. The number of Topliss-reactive ketones (excluding diaryl/α,β-unsaturated/α-hetero) is 1. The Hall–Kier alpha value is -1.57. The normalized spacial score (nSPS) is 15.6. The maximum Gasteiger partial charge on any atom is 0.190 e. The molecule has 0 unspecified atom stereocenters. The van der Waals surface area contributed by atoms with Gasteiger partial charge in [0.1, 0.15) is 0 Å². The van der Waals surface area contributed by atoms with Crippen molar-refractivity contribution in [2.24, 2.45) is 0 Å². The molecular formula is C12H13NO. The molecule has 0 spiro atoms. The van der Waals surface area contributed by atoms with Crippen LogP contribution in [0.5, 0.6) is 0 Å². The first-order valence-corrected chi connectivity index (χ1v) is 4.90. The van der Waals surface area contributed by atoms with Crippen LogP contribution in [0.4, 0.5) is 0 Å². The van der Waals surface area contributed by atoms with E-state index in [0.29, 0.717) is 0 Å². The molecule has 0 saturated heterocycles. The molecule has 1 aliphatic heterocycles. The van der Waals surface area contributed by atoms with Crippen LogP contribution in [-0.4, -0.2) is 12.3 Å². The van der Waals surface area contributed by atoms with E-state index in [2.05, 4.69) is 5.32 Å². The molecule has 0 atom stereocenters. The van der Waals surface area contributed by atoms with Gasteiger partial charge in [-0.1, -0.05) is 30.3 Å². The zero-order valence-corrected chi connectivity index (χ0v) is 7.99. The highest BCUT2D eigenvalue weighted by molar-refractivity contribution is 6.08. The van der Waals surface area contributed by atoms with Crippen LogP contribution in [0, 0.1) is 0 Å². The summed E-state index contributed by atoms with van der Waals surface area (Å²) < 4.78 is 0. The van der Waals surface area contributed by atoms with Crippen LogP contribution < -0.4 is 5.32 Å². The van der Waals surface area contributed by atoms with E-state index in [1.807, 2.05) is 36.5 Å². The number of allylic oxidation sites excluding steroid dienone is 1. The first-order chi connectivity index (χ1) is 6.88. The molecule has 72 valence electrons. The van der Waals surface area contributed by atoms with Crippen LogP contribution >= 0.6 is 0 Å². The number of ketones is 1. The predicted octanol–water partition coefficient (Wildman–Crippen LogP) is 2.14. The quantitative estimate of drug-likeness (QED) is 0.719. The monoisotopic (exact) mass is 187 g/mol. The number of rotatable bonds is 2. The lowest BCUT2D eigenvalue weighted by molar-refractivity contribution is 0.102. The number of hydrogen-bond donors (Lipinski definition) is 1. The smallest absolute Gasteiger partial charge is 0.190 e. The second-order valence-electron chi connectivity index (χ2n) is 3.42. The largest absolute Gasteiger partial charge is 0.391 e. The summed E-state index contributed by atoms with van der Waals surface area (Å²) in [4.78, 5) is 11.9. The summed E-state index contributed by atoms with van der Waals surface area (Å²) in [5.74, 6) is 0.151. The third kappa shape index (κ3) is 1.84. The summed E-state index contributed by atoms with van der Waals surface area (Å²) in [7, 11) is 0. The minimum absolute atomic E-state index is 0.151. The lowest BCUT2D eigenvalue weighted by Crippen LogP contribution is -2.18. The van der Waals surface area contributed by atoms with Crippen molar-refractivity contribution in [1.82, 2.24) is 5.32 Å². The van der Waals surface area contributed by atoms with E-state index in [4.69, 9.17) is 0 Å². The summed E-state index contributed by atoms with van der Waals surface area (Å²) in [6.45, 7) is 0.978. The van der Waals surface area contributed by atoms with E-state index >= 15 is 0 Å². The number of carbonyl (C=O) groups excluding carboxylic acids is 1. The van der Waals surface area contributed by atoms with E-state index < -0.39 is 0 Å². The van der Waals surface area contributed by atoms with Crippen molar-refractivity contribution in [2.75, 3.05) is 6.54 Å². The second kappa shape index (κ2) is 4.09. The van der Waals surface area contributed by atoms with Gasteiger partial charge in [-0.15, -0.1) is 0 Å². The van der Waals surface area contributed by atoms with Crippen LogP contribution in [0.25, 0.3) is 0 Å². The van der Waals surface area contributed by atoms with E-state index in [9.17, 15) is 4.79 Å². The molecule has 0 saturated carbocycles. The fourth-order valence-corrected chi connectivity index (χ4v) is 1.60. The fraction of sp³-hybridized carbons (Fsp3) is 0.250. The summed E-state index contributed by atoms with van der Waals surface area (Å²) in [5, 5.41) is 3.10. The number of benzene rings is 1. The third-order valence-electron chi connectivity index (χ3n) is 2.37. The van der Waals surface area contributed by atoms with Gasteiger partial charge in [0, 0.05) is 23.9 Å². The van der Waals surface area contributed by atoms with Crippen LogP contribution in [0.2, 0.25) is 0 Å². The van der Waals surface area contributed by atoms with Gasteiger partial charge < -0.3 is 5.32 Å². The molecule has 2 heteroatoms. The summed E-state index contributed by atoms with van der Waals surface area (Å²) >= 11 is 0. The van der Waals surface area contributed by atoms with E-state index in [-0.39, 0.29) is 5.78 Å². The zero-order valence-electron chi connectivity index (χ0n) is 7.99. The Morgan fingerprint density at radius 2 is 2.00 bits per heavy atom. The Bertz CT molecular complexity index is 354. The van der Waals surface area contributed by atoms with Gasteiger partial charge in [0.2, 0.25) is 0 Å². The van der Waals surface area contributed by atoms with Gasteiger partial charge in [0.15, 0.2) is 5.78 Å². The van der Waals surface area contributed by atoms with Crippen LogP contribution in [-0.2, 0) is 0 Å². The van der Waals surface area contributed by atoms with Gasteiger partial charge in [-0.05, 0) is 12.8 Å². The van der Waals surface area contributed by atoms with Crippen molar-refractivity contribution < 1.29 is 4.79 Å². The third-order valence-corrected chi connectivity index (χ3v) is 2.37. The average Bonchev–Trinajstić information content (AvgIpc) is 2.30. The molecule has 1 aliphatic rings. The Kier molecular flexibility index (Phi) is 2.63. The Morgan fingerprint density at radius 1 is 1.21 bits per heavy atom. The van der Waals surface area contributed by atoms with Gasteiger partial charge in [-0.3, -0.25) is 4.79 Å². The molecule has 0 amide bonds. The van der Waals surface area contributed by atoms with Gasteiger partial charge in [0.25, 0.3) is 0 Å². The Balaban J connectivity index is 2.20. The fourth-order valence-electron chi connectivity index (χ4n) is 1.60. The van der Waals surface area contributed by atoms with Crippen LogP contribution in [0.15, 0.2) is 42.1 Å². The second-order valence-corrected chi connectivity index (χ2v) is 3.42. The SMILES string of the molecule is O=C(C1=CNCCC1)c1ccccc1. The molecule has 1 aromatic rings. The molecular weight excluding hydrogens is 174 g/mol. The molecule has 0 aliphatic carbocycles. The highest BCUT2D eigenvalue weighted by atomic mass is 16.1. The Labute approximate surface area is 83.6 Å². The Morgan fingerprint density at radius 3 is 2.64 bits per heavy atom. The molecule has 2 nitrogen and oxygen atoms in total. The number of carbonyl (C=O) groups is 1. The van der Waals surface area contributed by atoms with Crippen molar-refractivity contribution in [3.63, 3.8) is 0 Å². The van der Waals surface area contributed by atoms with Crippen LogP contribution in [0.3, 0.4) is 0 Å². The van der Waals surface area contributed by atoms with Crippen LogP contribution in [0.1, 0.15) is 23.2 Å². The maximum atomic E-state index is 11.9. The zero-order chi connectivity index (χ0) is 9.80. The lowest BCUT2D eigenvalue weighted by atomic mass is 9.99. The average molecular weight is 187 g/mol. The van der Waals surface area contributed by atoms with Crippen molar-refractivity contribution >= 4 is 5.78 Å². The molecule has 0 bridgehead atoms. The number of nitrogens with one attached hydrogen (secondary N) is 1. The molecule has 0 fully saturated rings. The summed E-state index contributed by atoms with van der Waals surface area (Å²) in [6, 6.07) is 9.42. The first-order valence-electron chi connectivity index (χ1n) is 4.90. The molecule has 0 radical (unpaired) electrons. The summed E-state index contributed by atoms with van der Waals surface area (Å²) in [5.41, 5.74) is 1.67. The van der Waals surface area contributed by atoms with Gasteiger partial charge >= 0.3 is 0 Å². The minimum Gasteiger partial charge on any atom is -0.391 e. The van der Waals surface area contributed by atoms with E-state index in [1.54, 1.807) is 0 Å². The maximum absolute atomic E-state index is 11.9. The highest BCUT2D eigenvalue weighted by Crippen LogP contribution is 2.14. The van der Waals surface area contributed by atoms with E-state index in [1.165, 1.54) is 0 Å².